The third-order valence-corrected chi connectivity index (χ3v) is 2.00. The summed E-state index contributed by atoms with van der Waals surface area (Å²) in [6, 6.07) is -0.845. The molecule has 0 rings (SSSR count). The van der Waals surface area contributed by atoms with Crippen molar-refractivity contribution < 1.29 is 24.2 Å². The molecule has 0 heterocycles. The lowest BCUT2D eigenvalue weighted by Crippen LogP contribution is -2.42. The van der Waals surface area contributed by atoms with Crippen LogP contribution in [0.1, 0.15) is 26.7 Å². The molecule has 0 radical (unpaired) electrons. The lowest BCUT2D eigenvalue weighted by Gasteiger charge is -2.12. The molecule has 0 bridgehead atoms. The molecule has 1 amide bonds. The van der Waals surface area contributed by atoms with Crippen molar-refractivity contribution in [3.63, 3.8) is 0 Å². The summed E-state index contributed by atoms with van der Waals surface area (Å²) in [5.74, 6) is -1.46. The summed E-state index contributed by atoms with van der Waals surface area (Å²) < 4.78 is 10.2. The van der Waals surface area contributed by atoms with Crippen LogP contribution in [-0.4, -0.2) is 49.5 Å². The average Bonchev–Trinajstić information content (AvgIpc) is 2.30. The Morgan fingerprint density at radius 2 is 1.82 bits per heavy atom. The molecule has 0 aromatic heterocycles. The van der Waals surface area contributed by atoms with E-state index in [2.05, 4.69) is 5.32 Å². The number of hydrogen-bond acceptors (Lipinski definition) is 4. The number of rotatable bonds is 10. The molecule has 6 heteroatoms. The molecule has 0 aliphatic carbocycles. The van der Waals surface area contributed by atoms with Gasteiger partial charge in [-0.25, -0.2) is 4.79 Å². The quantitative estimate of drug-likeness (QED) is 0.546. The van der Waals surface area contributed by atoms with Gasteiger partial charge in [0, 0.05) is 6.61 Å². The van der Waals surface area contributed by atoms with Crippen LogP contribution in [0.15, 0.2) is 0 Å². The van der Waals surface area contributed by atoms with Gasteiger partial charge < -0.3 is 19.9 Å². The van der Waals surface area contributed by atoms with Crippen molar-refractivity contribution in [2.24, 2.45) is 0 Å². The van der Waals surface area contributed by atoms with Crippen LogP contribution in [0.3, 0.4) is 0 Å². The van der Waals surface area contributed by atoms with Gasteiger partial charge in [0.05, 0.1) is 13.2 Å². The molecule has 0 fully saturated rings. The van der Waals surface area contributed by atoms with Crippen molar-refractivity contribution in [3.05, 3.63) is 0 Å². The minimum Gasteiger partial charge on any atom is -0.480 e. The van der Waals surface area contributed by atoms with Gasteiger partial charge in [0.2, 0.25) is 5.91 Å². The fraction of sp³-hybridized carbons (Fsp3) is 0.818. The molecule has 1 atom stereocenters. The largest absolute Gasteiger partial charge is 0.480 e. The molecule has 0 aliphatic heterocycles. The van der Waals surface area contributed by atoms with Crippen LogP contribution in [0.5, 0.6) is 0 Å². The van der Waals surface area contributed by atoms with Crippen LogP contribution in [0.4, 0.5) is 0 Å². The Morgan fingerprint density at radius 3 is 2.35 bits per heavy atom. The van der Waals surface area contributed by atoms with Crippen molar-refractivity contribution in [1.82, 2.24) is 5.32 Å². The number of carboxylic acids is 1. The van der Waals surface area contributed by atoms with Crippen molar-refractivity contribution in [3.8, 4) is 0 Å². The second-order valence-corrected chi connectivity index (χ2v) is 3.53. The minimum atomic E-state index is -1.04. The first-order chi connectivity index (χ1) is 8.11. The van der Waals surface area contributed by atoms with Gasteiger partial charge in [-0.2, -0.15) is 0 Å². The van der Waals surface area contributed by atoms with Gasteiger partial charge in [-0.1, -0.05) is 13.8 Å². The molecule has 0 saturated heterocycles. The molecular weight excluding hydrogens is 226 g/mol. The third kappa shape index (κ3) is 8.65. The second-order valence-electron chi connectivity index (χ2n) is 3.53. The van der Waals surface area contributed by atoms with Crippen molar-refractivity contribution >= 4 is 11.9 Å². The zero-order valence-electron chi connectivity index (χ0n) is 10.4. The first kappa shape index (κ1) is 15.9. The molecule has 2 N–H and O–H groups in total. The predicted molar refractivity (Wildman–Crippen MR) is 61.8 cm³/mol. The zero-order chi connectivity index (χ0) is 13.1. The van der Waals surface area contributed by atoms with Crippen LogP contribution in [0, 0.1) is 0 Å². The van der Waals surface area contributed by atoms with E-state index in [1.165, 1.54) is 0 Å². The van der Waals surface area contributed by atoms with Crippen LogP contribution < -0.4 is 5.32 Å². The van der Waals surface area contributed by atoms with E-state index in [9.17, 15) is 9.59 Å². The SMILES string of the molecule is CCCOCCOCC(=O)NC(CC)C(=O)O. The molecule has 0 aromatic carbocycles. The Kier molecular flexibility index (Phi) is 9.37. The monoisotopic (exact) mass is 247 g/mol. The summed E-state index contributed by atoms with van der Waals surface area (Å²) in [6.07, 6.45) is 1.29. The fourth-order valence-corrected chi connectivity index (χ4v) is 1.10. The van der Waals surface area contributed by atoms with Crippen molar-refractivity contribution in [1.29, 1.82) is 0 Å². The van der Waals surface area contributed by atoms with Crippen LogP contribution in [-0.2, 0) is 19.1 Å². The Labute approximate surface area is 101 Å². The van der Waals surface area contributed by atoms with E-state index in [0.29, 0.717) is 26.2 Å². The van der Waals surface area contributed by atoms with E-state index in [1.54, 1.807) is 6.92 Å². The van der Waals surface area contributed by atoms with Gasteiger partial charge in [-0.05, 0) is 12.8 Å². The highest BCUT2D eigenvalue weighted by Crippen LogP contribution is 1.91. The highest BCUT2D eigenvalue weighted by Gasteiger charge is 2.17. The van der Waals surface area contributed by atoms with Gasteiger partial charge in [0.15, 0.2) is 0 Å². The maximum absolute atomic E-state index is 11.3. The summed E-state index contributed by atoms with van der Waals surface area (Å²) in [4.78, 5) is 21.9. The summed E-state index contributed by atoms with van der Waals surface area (Å²) in [5, 5.41) is 11.1. The number of amides is 1. The Balaban J connectivity index is 3.55. The van der Waals surface area contributed by atoms with E-state index in [1.807, 2.05) is 6.92 Å². The Morgan fingerprint density at radius 1 is 1.18 bits per heavy atom. The predicted octanol–water partition coefficient (Wildman–Crippen LogP) is 0.409. The smallest absolute Gasteiger partial charge is 0.326 e. The number of carboxylic acid groups (broad SMARTS) is 1. The molecule has 17 heavy (non-hydrogen) atoms. The number of aliphatic carboxylic acids is 1. The number of ether oxygens (including phenoxy) is 2. The third-order valence-electron chi connectivity index (χ3n) is 2.00. The van der Waals surface area contributed by atoms with Crippen LogP contribution in [0.25, 0.3) is 0 Å². The maximum Gasteiger partial charge on any atom is 0.326 e. The van der Waals surface area contributed by atoms with E-state index in [0.717, 1.165) is 6.42 Å². The Bertz CT molecular complexity index is 232. The van der Waals surface area contributed by atoms with E-state index in [-0.39, 0.29) is 6.61 Å². The standard InChI is InChI=1S/C11H21NO5/c1-3-5-16-6-7-17-8-10(13)12-9(4-2)11(14)15/h9H,3-8H2,1-2H3,(H,12,13)(H,14,15). The van der Waals surface area contributed by atoms with Crippen molar-refractivity contribution in [2.75, 3.05) is 26.4 Å². The van der Waals surface area contributed by atoms with E-state index in [4.69, 9.17) is 14.6 Å². The molecular formula is C11H21NO5. The Hall–Kier alpha value is -1.14. The van der Waals surface area contributed by atoms with E-state index >= 15 is 0 Å². The lowest BCUT2D eigenvalue weighted by molar-refractivity contribution is -0.142. The summed E-state index contributed by atoms with van der Waals surface area (Å²) >= 11 is 0. The van der Waals surface area contributed by atoms with Crippen LogP contribution >= 0.6 is 0 Å². The molecule has 0 spiro atoms. The number of hydrogen-bond donors (Lipinski definition) is 2. The highest BCUT2D eigenvalue weighted by molar-refractivity contribution is 5.84. The van der Waals surface area contributed by atoms with Gasteiger partial charge in [-0.15, -0.1) is 0 Å². The molecule has 0 saturated carbocycles. The van der Waals surface area contributed by atoms with Crippen LogP contribution in [0.2, 0.25) is 0 Å². The first-order valence-electron chi connectivity index (χ1n) is 5.79. The van der Waals surface area contributed by atoms with Gasteiger partial charge in [0.1, 0.15) is 12.6 Å². The molecule has 0 aliphatic rings. The molecule has 1 unspecified atom stereocenters. The summed E-state index contributed by atoms with van der Waals surface area (Å²) in [5.41, 5.74) is 0. The number of nitrogens with one attached hydrogen (secondary N) is 1. The second kappa shape index (κ2) is 10.0. The maximum atomic E-state index is 11.3. The zero-order valence-corrected chi connectivity index (χ0v) is 10.4. The normalized spacial score (nSPS) is 12.1. The highest BCUT2D eigenvalue weighted by atomic mass is 16.5. The lowest BCUT2D eigenvalue weighted by atomic mass is 10.2. The topological polar surface area (TPSA) is 84.9 Å². The minimum absolute atomic E-state index is 0.140. The van der Waals surface area contributed by atoms with Gasteiger partial charge >= 0.3 is 5.97 Å². The molecule has 100 valence electrons. The number of carbonyl (C=O) groups is 2. The molecule has 0 aromatic rings. The van der Waals surface area contributed by atoms with E-state index < -0.39 is 17.9 Å². The van der Waals surface area contributed by atoms with Gasteiger partial charge in [0.25, 0.3) is 0 Å². The number of carbonyl (C=O) groups excluding carboxylic acids is 1. The average molecular weight is 247 g/mol. The molecule has 6 nitrogen and oxygen atoms in total. The summed E-state index contributed by atoms with van der Waals surface area (Å²) in [7, 11) is 0. The summed E-state index contributed by atoms with van der Waals surface area (Å²) in [6.45, 7) is 5.00. The fourth-order valence-electron chi connectivity index (χ4n) is 1.10. The van der Waals surface area contributed by atoms with Crippen molar-refractivity contribution in [2.45, 2.75) is 32.7 Å². The first-order valence-corrected chi connectivity index (χ1v) is 5.79. The van der Waals surface area contributed by atoms with Gasteiger partial charge in [-0.3, -0.25) is 4.79 Å².